The predicted molar refractivity (Wildman–Crippen MR) is 170 cm³/mol. The minimum Gasteiger partial charge on any atom is -0.490 e. The second kappa shape index (κ2) is 13.7. The SMILES string of the molecule is C/C=C/C(F)COC1=NC(C(C)C)CCC(C)=C1c1cnc2cc1O[C@@H](C)C([Si])COc1c(cnn1C)-c1nccc(n1)N2. The molecule has 4 atom stereocenters. The second-order valence-electron chi connectivity index (χ2n) is 11.5. The van der Waals surface area contributed by atoms with Crippen LogP contribution in [0.15, 0.2) is 53.4 Å². The van der Waals surface area contributed by atoms with Crippen LogP contribution in [0.2, 0.25) is 5.54 Å². The number of halogens is 1. The molecule has 3 aromatic rings. The van der Waals surface area contributed by atoms with Crippen LogP contribution in [0.4, 0.5) is 16.0 Å². The highest BCUT2D eigenvalue weighted by molar-refractivity contribution is 6.21. The first-order valence-electron chi connectivity index (χ1n) is 15.0. The van der Waals surface area contributed by atoms with Gasteiger partial charge in [-0.05, 0) is 45.6 Å². The van der Waals surface area contributed by atoms with Gasteiger partial charge >= 0.3 is 0 Å². The molecule has 12 heteroatoms. The molecule has 3 radical (unpaired) electrons. The molecule has 3 unspecified atom stereocenters. The number of aromatic nitrogens is 5. The topological polar surface area (TPSA) is 109 Å². The Labute approximate surface area is 261 Å². The minimum atomic E-state index is -1.25. The first kappa shape index (κ1) is 31.4. The van der Waals surface area contributed by atoms with Gasteiger partial charge in [-0.2, -0.15) is 5.10 Å². The molecule has 0 saturated heterocycles. The minimum absolute atomic E-state index is 0.0348. The lowest BCUT2D eigenvalue weighted by atomic mass is 9.95. The molecular formula is C32H39FN7O3Si. The summed E-state index contributed by atoms with van der Waals surface area (Å²) in [5, 5.41) is 7.64. The van der Waals surface area contributed by atoms with E-state index in [-0.39, 0.29) is 24.3 Å². The molecule has 2 aliphatic rings. The van der Waals surface area contributed by atoms with Crippen molar-refractivity contribution >= 4 is 33.3 Å². The number of allylic oxidation sites excluding steroid dienone is 2. The van der Waals surface area contributed by atoms with E-state index in [1.165, 1.54) is 6.08 Å². The van der Waals surface area contributed by atoms with Crippen LogP contribution >= 0.6 is 0 Å². The number of anilines is 2. The number of pyridine rings is 1. The zero-order valence-electron chi connectivity index (χ0n) is 26.0. The summed E-state index contributed by atoms with van der Waals surface area (Å²) in [6, 6.07) is 3.64. The van der Waals surface area contributed by atoms with Crippen molar-refractivity contribution in [1.82, 2.24) is 24.7 Å². The molecule has 44 heavy (non-hydrogen) atoms. The van der Waals surface area contributed by atoms with E-state index in [9.17, 15) is 4.39 Å². The zero-order chi connectivity index (χ0) is 31.4. The average molecular weight is 617 g/mol. The van der Waals surface area contributed by atoms with Crippen LogP contribution in [0.5, 0.6) is 11.6 Å². The Bertz CT molecular complexity index is 1570. The Balaban J connectivity index is 1.59. The maximum absolute atomic E-state index is 14.6. The molecule has 0 saturated carbocycles. The molecule has 0 aliphatic carbocycles. The van der Waals surface area contributed by atoms with Crippen LogP contribution in [0, 0.1) is 5.92 Å². The lowest BCUT2D eigenvalue weighted by Crippen LogP contribution is -2.26. The molecule has 2 aliphatic heterocycles. The number of nitrogens with one attached hydrogen (secondary N) is 1. The normalized spacial score (nSPS) is 21.4. The van der Waals surface area contributed by atoms with Crippen molar-refractivity contribution in [3.05, 3.63) is 54.0 Å². The van der Waals surface area contributed by atoms with E-state index in [2.05, 4.69) is 46.4 Å². The van der Waals surface area contributed by atoms with Crippen LogP contribution < -0.4 is 14.8 Å². The fraction of sp³-hybridized carbons (Fsp3) is 0.469. The molecule has 5 heterocycles. The van der Waals surface area contributed by atoms with Crippen molar-refractivity contribution in [2.24, 2.45) is 18.0 Å². The molecular weight excluding hydrogens is 577 g/mol. The summed E-state index contributed by atoms with van der Waals surface area (Å²) in [6.07, 6.45) is 8.36. The van der Waals surface area contributed by atoms with Crippen molar-refractivity contribution < 1.29 is 18.6 Å². The molecule has 10 nitrogen and oxygen atoms in total. The number of nitrogens with zero attached hydrogens (tertiary/aromatic N) is 6. The van der Waals surface area contributed by atoms with Gasteiger partial charge in [-0.25, -0.2) is 29.0 Å². The number of aryl methyl sites for hydroxylation is 1. The molecule has 1 N–H and O–H groups in total. The number of alkyl halides is 1. The Morgan fingerprint density at radius 2 is 2.05 bits per heavy atom. The van der Waals surface area contributed by atoms with Gasteiger partial charge in [0.15, 0.2) is 12.0 Å². The van der Waals surface area contributed by atoms with Gasteiger partial charge in [0.25, 0.3) is 0 Å². The lowest BCUT2D eigenvalue weighted by molar-refractivity contribution is 0.173. The van der Waals surface area contributed by atoms with E-state index in [0.29, 0.717) is 58.6 Å². The maximum Gasteiger partial charge on any atom is 0.222 e. The van der Waals surface area contributed by atoms with E-state index in [1.54, 1.807) is 42.3 Å². The summed E-state index contributed by atoms with van der Waals surface area (Å²) < 4.78 is 35.2. The molecule has 0 amide bonds. The number of fused-ring (bicyclic) bond motifs is 6. The van der Waals surface area contributed by atoms with E-state index >= 15 is 0 Å². The Hall–Kier alpha value is -4.06. The number of hydrogen-bond donors (Lipinski definition) is 1. The third kappa shape index (κ3) is 7.01. The zero-order valence-corrected chi connectivity index (χ0v) is 27.0. The molecule has 231 valence electrons. The molecule has 3 aromatic heterocycles. The van der Waals surface area contributed by atoms with Gasteiger partial charge < -0.3 is 19.5 Å². The van der Waals surface area contributed by atoms with Crippen molar-refractivity contribution in [2.45, 2.75) is 71.3 Å². The van der Waals surface area contributed by atoms with E-state index < -0.39 is 6.17 Å². The first-order chi connectivity index (χ1) is 21.1. The van der Waals surface area contributed by atoms with Gasteiger partial charge in [-0.3, -0.25) is 0 Å². The quantitative estimate of drug-likeness (QED) is 0.273. The van der Waals surface area contributed by atoms with Gasteiger partial charge in [0.05, 0.1) is 24.9 Å². The maximum atomic E-state index is 14.6. The second-order valence-corrected chi connectivity index (χ2v) is 12.2. The van der Waals surface area contributed by atoms with Crippen LogP contribution in [0.25, 0.3) is 17.0 Å². The Kier molecular flexibility index (Phi) is 9.77. The predicted octanol–water partition coefficient (Wildman–Crippen LogP) is 6.05. The van der Waals surface area contributed by atoms with Crippen molar-refractivity contribution in [3.8, 4) is 23.0 Å². The summed E-state index contributed by atoms with van der Waals surface area (Å²) >= 11 is 0. The largest absolute Gasteiger partial charge is 0.490 e. The third-order valence-corrected chi connectivity index (χ3v) is 8.38. The fourth-order valence-electron chi connectivity index (χ4n) is 5.13. The highest BCUT2D eigenvalue weighted by Gasteiger charge is 2.28. The van der Waals surface area contributed by atoms with E-state index in [1.807, 2.05) is 20.0 Å². The van der Waals surface area contributed by atoms with Gasteiger partial charge in [-0.1, -0.05) is 31.6 Å². The lowest BCUT2D eigenvalue weighted by Gasteiger charge is -2.25. The Morgan fingerprint density at radius 1 is 1.23 bits per heavy atom. The van der Waals surface area contributed by atoms with Crippen molar-refractivity contribution in [1.29, 1.82) is 0 Å². The number of rotatable bonds is 5. The van der Waals surface area contributed by atoms with Gasteiger partial charge in [-0.15, -0.1) is 0 Å². The molecule has 0 fully saturated rings. The molecule has 0 aromatic carbocycles. The summed E-state index contributed by atoms with van der Waals surface area (Å²) in [5.41, 5.74) is 3.04. The number of ether oxygens (including phenoxy) is 3. The van der Waals surface area contributed by atoms with Crippen molar-refractivity contribution in [2.75, 3.05) is 18.5 Å². The van der Waals surface area contributed by atoms with E-state index in [4.69, 9.17) is 29.2 Å². The Morgan fingerprint density at radius 3 is 2.82 bits per heavy atom. The standard InChI is InChI=1S/C32H39FN7O3Si/c1-7-8-21(33)16-41-31-29(19(4)9-10-24(37-31)18(2)3)22-14-35-28-13-25(22)43-20(5)26(44)17-42-32-23(15-36-40(32)6)30-34-12-11-27(38-28)39-30/h7-8,11-15,18,20-21,24,26H,9-10,16-17H2,1-6H3,(H,34,35,38,39)/b8-7+/t20-,21?,24?,26?/m0/s1. The average Bonchev–Trinajstić information content (AvgIpc) is 3.27. The number of aliphatic imine (C=N–C) groups is 1. The number of hydrogen-bond acceptors (Lipinski definition) is 9. The van der Waals surface area contributed by atoms with Gasteiger partial charge in [0, 0.05) is 52.4 Å². The van der Waals surface area contributed by atoms with Crippen LogP contribution in [0.1, 0.15) is 53.0 Å². The highest BCUT2D eigenvalue weighted by Crippen LogP contribution is 2.38. The summed E-state index contributed by atoms with van der Waals surface area (Å²) in [6.45, 7) is 10.3. The summed E-state index contributed by atoms with van der Waals surface area (Å²) in [5.74, 6) is 3.38. The van der Waals surface area contributed by atoms with Gasteiger partial charge in [0.1, 0.15) is 29.6 Å². The van der Waals surface area contributed by atoms with Gasteiger partial charge in [0.2, 0.25) is 11.8 Å². The van der Waals surface area contributed by atoms with E-state index in [0.717, 1.165) is 24.0 Å². The highest BCUT2D eigenvalue weighted by atomic mass is 28.1. The van der Waals surface area contributed by atoms with Crippen LogP contribution in [-0.2, 0) is 11.8 Å². The molecule has 0 spiro atoms. The third-order valence-electron chi connectivity index (χ3n) is 7.74. The van der Waals surface area contributed by atoms with Crippen LogP contribution in [0.3, 0.4) is 0 Å². The van der Waals surface area contributed by atoms with Crippen LogP contribution in [-0.4, -0.2) is 72.4 Å². The summed E-state index contributed by atoms with van der Waals surface area (Å²) in [7, 11) is 5.64. The molecule has 4 bridgehead atoms. The van der Waals surface area contributed by atoms with Crippen molar-refractivity contribution in [3.63, 3.8) is 0 Å². The smallest absolute Gasteiger partial charge is 0.222 e. The monoisotopic (exact) mass is 616 g/mol. The summed E-state index contributed by atoms with van der Waals surface area (Å²) in [4.78, 5) is 18.9. The molecule has 5 rings (SSSR count). The first-order valence-corrected chi connectivity index (χ1v) is 15.5. The fourth-order valence-corrected chi connectivity index (χ4v) is 5.28.